The summed E-state index contributed by atoms with van der Waals surface area (Å²) in [5, 5.41) is 8.78. The maximum atomic E-state index is 12.1. The van der Waals surface area contributed by atoms with Crippen LogP contribution < -0.4 is 0 Å². The van der Waals surface area contributed by atoms with E-state index in [-0.39, 0.29) is 11.7 Å². The molecule has 19 heavy (non-hydrogen) atoms. The molecule has 3 atom stereocenters. The molecule has 1 amide bonds. The van der Waals surface area contributed by atoms with Crippen molar-refractivity contribution in [3.05, 3.63) is 0 Å². The molecule has 0 aliphatic carbocycles. The van der Waals surface area contributed by atoms with Gasteiger partial charge in [-0.25, -0.2) is 13.2 Å². The van der Waals surface area contributed by atoms with E-state index in [1.165, 1.54) is 11.9 Å². The minimum absolute atomic E-state index is 0.135. The van der Waals surface area contributed by atoms with Crippen molar-refractivity contribution < 1.29 is 27.9 Å². The molecular formula is C11H19NO6S. The Kier molecular flexibility index (Phi) is 4.92. The highest BCUT2D eigenvalue weighted by molar-refractivity contribution is 7.90. The zero-order chi connectivity index (χ0) is 14.8. The van der Waals surface area contributed by atoms with E-state index >= 15 is 0 Å². The standard InChI is InChI=1S/C11H19NO6S/c1-7(6-19(3,16)17)12(2)10(13)8-4-5-9(18-8)11(14)15/h7-9H,4-6H2,1-3H3,(H,14,15)/t7?,8-,9+/m0/s1. The van der Waals surface area contributed by atoms with Gasteiger partial charge in [-0.2, -0.15) is 0 Å². The largest absolute Gasteiger partial charge is 0.479 e. The smallest absolute Gasteiger partial charge is 0.332 e. The van der Waals surface area contributed by atoms with Crippen molar-refractivity contribution in [1.82, 2.24) is 4.90 Å². The van der Waals surface area contributed by atoms with Gasteiger partial charge in [0.15, 0.2) is 6.10 Å². The van der Waals surface area contributed by atoms with Gasteiger partial charge in [0.1, 0.15) is 15.9 Å². The second-order valence-electron chi connectivity index (χ2n) is 4.92. The lowest BCUT2D eigenvalue weighted by molar-refractivity contribution is -0.154. The van der Waals surface area contributed by atoms with Gasteiger partial charge in [-0.05, 0) is 19.8 Å². The normalized spacial score (nSPS) is 25.0. The van der Waals surface area contributed by atoms with Gasteiger partial charge >= 0.3 is 5.97 Å². The third-order valence-electron chi connectivity index (χ3n) is 3.12. The van der Waals surface area contributed by atoms with Crippen molar-refractivity contribution in [2.75, 3.05) is 19.1 Å². The minimum atomic E-state index is -3.18. The SMILES string of the molecule is CC(CS(C)(=O)=O)N(C)C(=O)[C@@H]1CC[C@H](C(=O)O)O1. The number of ether oxygens (including phenoxy) is 1. The third kappa shape index (κ3) is 4.46. The van der Waals surface area contributed by atoms with E-state index < -0.39 is 34.1 Å². The topological polar surface area (TPSA) is 101 Å². The number of carbonyl (C=O) groups excluding carboxylic acids is 1. The predicted molar refractivity (Wildman–Crippen MR) is 67.5 cm³/mol. The molecule has 1 saturated heterocycles. The lowest BCUT2D eigenvalue weighted by atomic mass is 10.1. The second-order valence-corrected chi connectivity index (χ2v) is 7.10. The Morgan fingerprint density at radius 1 is 1.37 bits per heavy atom. The Hall–Kier alpha value is -1.15. The quantitative estimate of drug-likeness (QED) is 0.734. The molecule has 8 heteroatoms. The average Bonchev–Trinajstić information content (AvgIpc) is 2.73. The van der Waals surface area contributed by atoms with Crippen LogP contribution >= 0.6 is 0 Å². The maximum absolute atomic E-state index is 12.1. The van der Waals surface area contributed by atoms with Crippen LogP contribution in [0.25, 0.3) is 0 Å². The first-order valence-electron chi connectivity index (χ1n) is 5.94. The first-order chi connectivity index (χ1) is 8.61. The Balaban J connectivity index is 2.61. The van der Waals surface area contributed by atoms with E-state index in [1.807, 2.05) is 0 Å². The number of carboxylic acid groups (broad SMARTS) is 1. The molecule has 1 aliphatic heterocycles. The van der Waals surface area contributed by atoms with Gasteiger partial charge in [-0.15, -0.1) is 0 Å². The number of carbonyl (C=O) groups is 2. The van der Waals surface area contributed by atoms with Gasteiger partial charge in [0.25, 0.3) is 5.91 Å². The maximum Gasteiger partial charge on any atom is 0.332 e. The molecule has 110 valence electrons. The number of hydrogen-bond donors (Lipinski definition) is 1. The van der Waals surface area contributed by atoms with Crippen molar-refractivity contribution >= 4 is 21.7 Å². The zero-order valence-corrected chi connectivity index (χ0v) is 12.0. The summed E-state index contributed by atoms with van der Waals surface area (Å²) < 4.78 is 27.5. The summed E-state index contributed by atoms with van der Waals surface area (Å²) in [6.07, 6.45) is -0.0131. The first-order valence-corrected chi connectivity index (χ1v) is 8.00. The molecule has 0 saturated carbocycles. The van der Waals surface area contributed by atoms with E-state index in [4.69, 9.17) is 9.84 Å². The molecule has 1 aliphatic rings. The molecule has 0 aromatic carbocycles. The molecule has 0 spiro atoms. The zero-order valence-electron chi connectivity index (χ0n) is 11.2. The fraction of sp³-hybridized carbons (Fsp3) is 0.818. The number of sulfone groups is 1. The highest BCUT2D eigenvalue weighted by Gasteiger charge is 2.37. The van der Waals surface area contributed by atoms with Gasteiger partial charge in [-0.1, -0.05) is 0 Å². The minimum Gasteiger partial charge on any atom is -0.479 e. The summed E-state index contributed by atoms with van der Waals surface area (Å²) in [6, 6.07) is -0.477. The van der Waals surface area contributed by atoms with Crippen LogP contribution in [0.4, 0.5) is 0 Å². The number of hydrogen-bond acceptors (Lipinski definition) is 5. The van der Waals surface area contributed by atoms with Gasteiger partial charge in [0, 0.05) is 19.3 Å². The van der Waals surface area contributed by atoms with Crippen LogP contribution in [0.15, 0.2) is 0 Å². The molecule has 1 unspecified atom stereocenters. The molecule has 0 aromatic rings. The van der Waals surface area contributed by atoms with E-state index in [0.717, 1.165) is 6.26 Å². The number of aliphatic carboxylic acids is 1. The second kappa shape index (κ2) is 5.87. The van der Waals surface area contributed by atoms with Gasteiger partial charge in [-0.3, -0.25) is 4.79 Å². The number of carboxylic acids is 1. The summed E-state index contributed by atoms with van der Waals surface area (Å²) in [6.45, 7) is 1.63. The molecule has 1 rings (SSSR count). The molecule has 1 fully saturated rings. The molecule has 0 aromatic heterocycles. The Morgan fingerprint density at radius 3 is 2.32 bits per heavy atom. The average molecular weight is 293 g/mol. The molecule has 7 nitrogen and oxygen atoms in total. The van der Waals surface area contributed by atoms with Gasteiger partial charge < -0.3 is 14.7 Å². The molecule has 1 N–H and O–H groups in total. The van der Waals surface area contributed by atoms with Crippen LogP contribution in [0.5, 0.6) is 0 Å². The summed E-state index contributed by atoms with van der Waals surface area (Å²) in [5.74, 6) is -1.59. The number of nitrogens with zero attached hydrogens (tertiary/aromatic N) is 1. The van der Waals surface area contributed by atoms with Crippen LogP contribution in [-0.4, -0.2) is 67.6 Å². The highest BCUT2D eigenvalue weighted by atomic mass is 32.2. The molecule has 0 radical (unpaired) electrons. The van der Waals surface area contributed by atoms with E-state index in [1.54, 1.807) is 6.92 Å². The van der Waals surface area contributed by atoms with Crippen LogP contribution in [0.3, 0.4) is 0 Å². The van der Waals surface area contributed by atoms with Crippen molar-refractivity contribution in [3.8, 4) is 0 Å². The molecular weight excluding hydrogens is 274 g/mol. The predicted octanol–water partition coefficient (Wildman–Crippen LogP) is -0.490. The Morgan fingerprint density at radius 2 is 1.89 bits per heavy atom. The van der Waals surface area contributed by atoms with Crippen LogP contribution in [-0.2, 0) is 24.2 Å². The Labute approximate surface area is 112 Å². The highest BCUT2D eigenvalue weighted by Crippen LogP contribution is 2.22. The lowest BCUT2D eigenvalue weighted by Gasteiger charge is -2.26. The fourth-order valence-electron chi connectivity index (χ4n) is 1.99. The number of rotatable bonds is 5. The summed E-state index contributed by atoms with van der Waals surface area (Å²) in [5.41, 5.74) is 0. The van der Waals surface area contributed by atoms with Crippen LogP contribution in [0, 0.1) is 0 Å². The van der Waals surface area contributed by atoms with Crippen LogP contribution in [0.1, 0.15) is 19.8 Å². The molecule has 0 bridgehead atoms. The van der Waals surface area contributed by atoms with Crippen LogP contribution in [0.2, 0.25) is 0 Å². The Bertz CT molecular complexity index is 460. The van der Waals surface area contributed by atoms with Crippen molar-refractivity contribution in [2.24, 2.45) is 0 Å². The molecule has 1 heterocycles. The van der Waals surface area contributed by atoms with Crippen molar-refractivity contribution in [2.45, 2.75) is 38.0 Å². The van der Waals surface area contributed by atoms with E-state index in [2.05, 4.69) is 0 Å². The summed E-state index contributed by atoms with van der Waals surface area (Å²) in [7, 11) is -1.68. The number of likely N-dealkylation sites (N-methyl/N-ethyl adjacent to an activating group) is 1. The van der Waals surface area contributed by atoms with Gasteiger partial charge in [0.2, 0.25) is 0 Å². The van der Waals surface area contributed by atoms with E-state index in [0.29, 0.717) is 12.8 Å². The monoisotopic (exact) mass is 293 g/mol. The summed E-state index contributed by atoms with van der Waals surface area (Å²) >= 11 is 0. The third-order valence-corrected chi connectivity index (χ3v) is 4.21. The van der Waals surface area contributed by atoms with E-state index in [9.17, 15) is 18.0 Å². The number of amides is 1. The first kappa shape index (κ1) is 15.9. The van der Waals surface area contributed by atoms with Gasteiger partial charge in [0.05, 0.1) is 5.75 Å². The summed E-state index contributed by atoms with van der Waals surface area (Å²) in [4.78, 5) is 24.1. The lowest BCUT2D eigenvalue weighted by Crippen LogP contribution is -2.44. The van der Waals surface area contributed by atoms with Crippen molar-refractivity contribution in [1.29, 1.82) is 0 Å². The fourth-order valence-corrected chi connectivity index (χ4v) is 3.09. The van der Waals surface area contributed by atoms with Crippen molar-refractivity contribution in [3.63, 3.8) is 0 Å².